The number of anilines is 2. The summed E-state index contributed by atoms with van der Waals surface area (Å²) in [5.41, 5.74) is 3.25. The van der Waals surface area contributed by atoms with E-state index in [1.165, 1.54) is 22.5 Å². The molecule has 3 rings (SSSR count). The second kappa shape index (κ2) is 8.52. The van der Waals surface area contributed by atoms with Crippen LogP contribution >= 0.6 is 11.3 Å². The Bertz CT molecular complexity index is 914. The van der Waals surface area contributed by atoms with Gasteiger partial charge in [-0.3, -0.25) is 5.32 Å². The second-order valence-corrected chi connectivity index (χ2v) is 8.73. The van der Waals surface area contributed by atoms with Crippen LogP contribution in [0.15, 0.2) is 54.6 Å². The number of hydrogen-bond acceptors (Lipinski definition) is 4. The molecule has 6 heteroatoms. The van der Waals surface area contributed by atoms with E-state index in [1.807, 2.05) is 42.5 Å². The van der Waals surface area contributed by atoms with E-state index in [9.17, 15) is 4.79 Å². The van der Waals surface area contributed by atoms with Crippen molar-refractivity contribution in [1.29, 1.82) is 0 Å². The third kappa shape index (κ3) is 4.95. The lowest BCUT2D eigenvalue weighted by atomic mass is 9.87. The van der Waals surface area contributed by atoms with Crippen LogP contribution in [-0.2, 0) is 5.41 Å². The second-order valence-electron chi connectivity index (χ2n) is 7.72. The highest BCUT2D eigenvalue weighted by molar-refractivity contribution is 7.15. The molecular weight excluding hydrogens is 368 g/mol. The van der Waals surface area contributed by atoms with Gasteiger partial charge >= 0.3 is 6.03 Å². The molecule has 0 aliphatic rings. The van der Waals surface area contributed by atoms with Gasteiger partial charge in [0.1, 0.15) is 5.01 Å². The first-order valence-corrected chi connectivity index (χ1v) is 10.3. The fraction of sp³-hybridized carbons (Fsp3) is 0.318. The van der Waals surface area contributed by atoms with Crippen molar-refractivity contribution in [3.63, 3.8) is 0 Å². The molecule has 1 heterocycles. The van der Waals surface area contributed by atoms with Crippen LogP contribution in [0.25, 0.3) is 0 Å². The van der Waals surface area contributed by atoms with Gasteiger partial charge in [-0.1, -0.05) is 81.5 Å². The number of urea groups is 1. The number of nitrogens with one attached hydrogen (secondary N) is 2. The van der Waals surface area contributed by atoms with Gasteiger partial charge in [-0.05, 0) is 35.1 Å². The van der Waals surface area contributed by atoms with Crippen molar-refractivity contribution in [2.45, 2.75) is 45.4 Å². The Balaban J connectivity index is 1.64. The maximum atomic E-state index is 12.3. The minimum Gasteiger partial charge on any atom is -0.308 e. The standard InChI is InChI=1S/C22H26N4OS/c1-5-18(15-9-7-6-8-10-15)19-25-26-21(28-19)24-20(27)23-17-13-11-16(12-14-17)22(2,3)4/h6-14,18H,5H2,1-4H3,(H2,23,24,26,27)/t18-/m0/s1. The van der Waals surface area contributed by atoms with Crippen LogP contribution in [0.5, 0.6) is 0 Å². The van der Waals surface area contributed by atoms with E-state index in [-0.39, 0.29) is 17.4 Å². The number of carbonyl (C=O) groups is 1. The number of hydrogen-bond donors (Lipinski definition) is 2. The van der Waals surface area contributed by atoms with Gasteiger partial charge in [0, 0.05) is 11.6 Å². The number of nitrogens with zero attached hydrogens (tertiary/aromatic N) is 2. The highest BCUT2D eigenvalue weighted by Crippen LogP contribution is 2.31. The summed E-state index contributed by atoms with van der Waals surface area (Å²) < 4.78 is 0. The average molecular weight is 395 g/mol. The van der Waals surface area contributed by atoms with Gasteiger partial charge in [-0.25, -0.2) is 4.79 Å². The van der Waals surface area contributed by atoms with E-state index >= 15 is 0 Å². The molecule has 1 aromatic heterocycles. The van der Waals surface area contributed by atoms with E-state index in [0.717, 1.165) is 17.1 Å². The van der Waals surface area contributed by atoms with Gasteiger partial charge < -0.3 is 5.32 Å². The van der Waals surface area contributed by atoms with Gasteiger partial charge in [0.25, 0.3) is 0 Å². The summed E-state index contributed by atoms with van der Waals surface area (Å²) in [5, 5.41) is 15.4. The molecule has 0 fully saturated rings. The Hall–Kier alpha value is -2.73. The summed E-state index contributed by atoms with van der Waals surface area (Å²) in [7, 11) is 0. The van der Waals surface area contributed by atoms with Crippen LogP contribution in [0.3, 0.4) is 0 Å². The van der Waals surface area contributed by atoms with Crippen LogP contribution in [-0.4, -0.2) is 16.2 Å². The fourth-order valence-corrected chi connectivity index (χ4v) is 3.93. The molecule has 0 aliphatic heterocycles. The monoisotopic (exact) mass is 394 g/mol. The molecule has 0 radical (unpaired) electrons. The lowest BCUT2D eigenvalue weighted by Crippen LogP contribution is -2.19. The van der Waals surface area contributed by atoms with Gasteiger partial charge in [-0.2, -0.15) is 0 Å². The summed E-state index contributed by atoms with van der Waals surface area (Å²) in [6.45, 7) is 8.61. The molecule has 0 aliphatic carbocycles. The maximum Gasteiger partial charge on any atom is 0.325 e. The molecule has 0 unspecified atom stereocenters. The van der Waals surface area contributed by atoms with Crippen LogP contribution < -0.4 is 10.6 Å². The number of aromatic nitrogens is 2. The fourth-order valence-electron chi connectivity index (χ4n) is 2.98. The number of benzene rings is 2. The Morgan fingerprint density at radius 1 is 1.00 bits per heavy atom. The van der Waals surface area contributed by atoms with Crippen molar-refractivity contribution in [3.05, 3.63) is 70.7 Å². The molecule has 0 saturated carbocycles. The Kier molecular flexibility index (Phi) is 6.09. The first kappa shape index (κ1) is 20.0. The van der Waals surface area contributed by atoms with Gasteiger partial charge in [0.05, 0.1) is 0 Å². The minimum absolute atomic E-state index is 0.0817. The minimum atomic E-state index is -0.320. The van der Waals surface area contributed by atoms with Gasteiger partial charge in [0.2, 0.25) is 5.13 Å². The molecule has 146 valence electrons. The molecule has 0 bridgehead atoms. The van der Waals surface area contributed by atoms with Crippen LogP contribution in [0.4, 0.5) is 15.6 Å². The number of carbonyl (C=O) groups excluding carboxylic acids is 1. The quantitative estimate of drug-likeness (QED) is 0.556. The molecule has 0 saturated heterocycles. The van der Waals surface area contributed by atoms with Crippen molar-refractivity contribution in [2.75, 3.05) is 10.6 Å². The Morgan fingerprint density at radius 2 is 1.68 bits per heavy atom. The van der Waals surface area contributed by atoms with Crippen molar-refractivity contribution in [1.82, 2.24) is 10.2 Å². The van der Waals surface area contributed by atoms with Crippen LogP contribution in [0.2, 0.25) is 0 Å². The summed E-state index contributed by atoms with van der Waals surface area (Å²) in [4.78, 5) is 12.3. The Morgan fingerprint density at radius 3 is 2.29 bits per heavy atom. The van der Waals surface area contributed by atoms with Crippen molar-refractivity contribution in [2.24, 2.45) is 0 Å². The zero-order chi connectivity index (χ0) is 20.1. The summed E-state index contributed by atoms with van der Waals surface area (Å²) in [5.74, 6) is 0.183. The van der Waals surface area contributed by atoms with E-state index < -0.39 is 0 Å². The smallest absolute Gasteiger partial charge is 0.308 e. The molecule has 3 aromatic rings. The molecule has 2 N–H and O–H groups in total. The SMILES string of the molecule is CC[C@@H](c1ccccc1)c1nnc(NC(=O)Nc2ccc(C(C)(C)C)cc2)s1. The Labute approximate surface area is 170 Å². The van der Waals surface area contributed by atoms with Crippen molar-refractivity contribution >= 4 is 28.2 Å². The first-order valence-electron chi connectivity index (χ1n) is 9.43. The summed E-state index contributed by atoms with van der Waals surface area (Å²) in [6, 6.07) is 17.8. The van der Waals surface area contributed by atoms with Crippen LogP contribution in [0, 0.1) is 0 Å². The van der Waals surface area contributed by atoms with Crippen molar-refractivity contribution in [3.8, 4) is 0 Å². The molecule has 1 atom stereocenters. The predicted octanol–water partition coefficient (Wildman–Crippen LogP) is 6.02. The molecule has 5 nitrogen and oxygen atoms in total. The molecule has 2 amide bonds. The maximum absolute atomic E-state index is 12.3. The third-order valence-corrected chi connectivity index (χ3v) is 5.53. The van der Waals surface area contributed by atoms with Crippen molar-refractivity contribution < 1.29 is 4.79 Å². The first-order chi connectivity index (χ1) is 13.4. The molecular formula is C22H26N4OS. The predicted molar refractivity (Wildman–Crippen MR) is 116 cm³/mol. The average Bonchev–Trinajstić information content (AvgIpc) is 3.11. The van der Waals surface area contributed by atoms with Crippen LogP contribution in [0.1, 0.15) is 56.2 Å². The lowest BCUT2D eigenvalue weighted by Gasteiger charge is -2.19. The molecule has 28 heavy (non-hydrogen) atoms. The third-order valence-electron chi connectivity index (χ3n) is 4.58. The normalized spacial score (nSPS) is 12.4. The molecule has 2 aromatic carbocycles. The number of rotatable bonds is 5. The highest BCUT2D eigenvalue weighted by Gasteiger charge is 2.18. The largest absolute Gasteiger partial charge is 0.325 e. The van der Waals surface area contributed by atoms with E-state index in [1.54, 1.807) is 0 Å². The summed E-state index contributed by atoms with van der Waals surface area (Å²) in [6.07, 6.45) is 0.922. The lowest BCUT2D eigenvalue weighted by molar-refractivity contribution is 0.262. The molecule has 0 spiro atoms. The van der Waals surface area contributed by atoms with E-state index in [0.29, 0.717) is 5.13 Å². The number of amides is 2. The zero-order valence-corrected chi connectivity index (χ0v) is 17.5. The highest BCUT2D eigenvalue weighted by atomic mass is 32.1. The van der Waals surface area contributed by atoms with E-state index in [2.05, 4.69) is 60.7 Å². The van der Waals surface area contributed by atoms with Gasteiger partial charge in [-0.15, -0.1) is 10.2 Å². The van der Waals surface area contributed by atoms with Gasteiger partial charge in [0.15, 0.2) is 0 Å². The van der Waals surface area contributed by atoms with E-state index in [4.69, 9.17) is 0 Å². The zero-order valence-electron chi connectivity index (χ0n) is 16.7. The summed E-state index contributed by atoms with van der Waals surface area (Å²) >= 11 is 1.41. The topological polar surface area (TPSA) is 66.9 Å².